The van der Waals surface area contributed by atoms with Gasteiger partial charge in [0, 0.05) is 38.2 Å². The van der Waals surface area contributed by atoms with Crippen molar-refractivity contribution in [2.75, 3.05) is 39.9 Å². The Hall–Kier alpha value is -1.46. The van der Waals surface area contributed by atoms with Crippen LogP contribution in [0.4, 0.5) is 0 Å². The first-order valence-electron chi connectivity index (χ1n) is 9.61. The second-order valence-electron chi connectivity index (χ2n) is 8.23. The average Bonchev–Trinajstić information content (AvgIpc) is 3.39. The van der Waals surface area contributed by atoms with E-state index in [0.29, 0.717) is 12.3 Å². The van der Waals surface area contributed by atoms with Gasteiger partial charge in [0.1, 0.15) is 0 Å². The predicted octanol–water partition coefficient (Wildman–Crippen LogP) is 1.97. The zero-order chi connectivity index (χ0) is 17.3. The summed E-state index contributed by atoms with van der Waals surface area (Å²) in [6.45, 7) is 4.67. The molecule has 0 radical (unpaired) electrons. The van der Waals surface area contributed by atoms with E-state index in [4.69, 9.17) is 4.74 Å². The third-order valence-electron chi connectivity index (χ3n) is 6.14. The number of pyridine rings is 1. The molecule has 1 aromatic rings. The van der Waals surface area contributed by atoms with Crippen LogP contribution in [0.2, 0.25) is 0 Å². The normalized spacial score (nSPS) is 25.8. The van der Waals surface area contributed by atoms with Crippen LogP contribution in [0, 0.1) is 11.8 Å². The molecule has 1 aliphatic carbocycles. The number of hydrogen-bond acceptors (Lipinski definition) is 4. The lowest BCUT2D eigenvalue weighted by atomic mass is 9.75. The van der Waals surface area contributed by atoms with Gasteiger partial charge in [0.2, 0.25) is 5.91 Å². The molecule has 1 amide bonds. The van der Waals surface area contributed by atoms with E-state index in [2.05, 4.69) is 16.9 Å². The van der Waals surface area contributed by atoms with Crippen molar-refractivity contribution in [3.63, 3.8) is 0 Å². The molecule has 1 spiro atoms. The molecule has 2 saturated heterocycles. The summed E-state index contributed by atoms with van der Waals surface area (Å²) in [5.41, 5.74) is 1.03. The van der Waals surface area contributed by atoms with Crippen molar-refractivity contribution in [1.82, 2.24) is 14.8 Å². The van der Waals surface area contributed by atoms with Crippen molar-refractivity contribution in [3.05, 3.63) is 30.1 Å². The van der Waals surface area contributed by atoms with Gasteiger partial charge in [-0.05, 0) is 63.2 Å². The lowest BCUT2D eigenvalue weighted by Gasteiger charge is -2.58. The van der Waals surface area contributed by atoms with Crippen LogP contribution in [0.1, 0.15) is 31.4 Å². The molecule has 5 heteroatoms. The number of amides is 1. The van der Waals surface area contributed by atoms with Crippen molar-refractivity contribution < 1.29 is 9.53 Å². The summed E-state index contributed by atoms with van der Waals surface area (Å²) in [4.78, 5) is 21.2. The van der Waals surface area contributed by atoms with E-state index in [0.717, 1.165) is 50.9 Å². The van der Waals surface area contributed by atoms with Gasteiger partial charge in [0.25, 0.3) is 0 Å². The Morgan fingerprint density at radius 3 is 2.76 bits per heavy atom. The van der Waals surface area contributed by atoms with E-state index < -0.39 is 0 Å². The third-order valence-corrected chi connectivity index (χ3v) is 6.14. The van der Waals surface area contributed by atoms with E-state index in [-0.39, 0.29) is 11.4 Å². The molecule has 4 rings (SSSR count). The summed E-state index contributed by atoms with van der Waals surface area (Å²) >= 11 is 0. The number of ether oxygens (including phenoxy) is 1. The van der Waals surface area contributed by atoms with Gasteiger partial charge in [0.05, 0.1) is 12.0 Å². The van der Waals surface area contributed by atoms with Crippen molar-refractivity contribution >= 4 is 5.91 Å². The van der Waals surface area contributed by atoms with Crippen molar-refractivity contribution in [3.8, 4) is 0 Å². The molecule has 1 atom stereocenters. The predicted molar refractivity (Wildman–Crippen MR) is 96.1 cm³/mol. The Labute approximate surface area is 150 Å². The zero-order valence-electron chi connectivity index (χ0n) is 15.2. The van der Waals surface area contributed by atoms with Gasteiger partial charge in [-0.1, -0.05) is 6.07 Å². The van der Waals surface area contributed by atoms with Crippen molar-refractivity contribution in [2.24, 2.45) is 11.8 Å². The van der Waals surface area contributed by atoms with Crippen LogP contribution in [-0.4, -0.2) is 66.1 Å². The molecule has 5 nitrogen and oxygen atoms in total. The monoisotopic (exact) mass is 343 g/mol. The van der Waals surface area contributed by atoms with Crippen LogP contribution in [0.15, 0.2) is 24.4 Å². The number of rotatable bonds is 6. The van der Waals surface area contributed by atoms with Gasteiger partial charge in [-0.15, -0.1) is 0 Å². The summed E-state index contributed by atoms with van der Waals surface area (Å²) in [5.74, 6) is 1.68. The number of piperidine rings is 1. The van der Waals surface area contributed by atoms with Gasteiger partial charge in [-0.25, -0.2) is 0 Å². The molecule has 25 heavy (non-hydrogen) atoms. The second kappa shape index (κ2) is 7.04. The summed E-state index contributed by atoms with van der Waals surface area (Å²) in [6.07, 6.45) is 7.23. The van der Waals surface area contributed by atoms with E-state index in [9.17, 15) is 4.79 Å². The lowest BCUT2D eigenvalue weighted by molar-refractivity contribution is -0.150. The highest BCUT2D eigenvalue weighted by molar-refractivity contribution is 5.79. The van der Waals surface area contributed by atoms with E-state index in [1.807, 2.05) is 23.1 Å². The highest BCUT2D eigenvalue weighted by Crippen LogP contribution is 2.39. The van der Waals surface area contributed by atoms with Crippen LogP contribution in [0.5, 0.6) is 0 Å². The van der Waals surface area contributed by atoms with Gasteiger partial charge in [-0.3, -0.25) is 14.7 Å². The van der Waals surface area contributed by atoms with Crippen LogP contribution < -0.4 is 0 Å². The molecule has 0 aromatic carbocycles. The maximum Gasteiger partial charge on any atom is 0.228 e. The molecule has 1 aromatic heterocycles. The molecule has 3 heterocycles. The van der Waals surface area contributed by atoms with Gasteiger partial charge in [-0.2, -0.15) is 0 Å². The number of hydrogen-bond donors (Lipinski definition) is 0. The minimum Gasteiger partial charge on any atom is -0.381 e. The van der Waals surface area contributed by atoms with E-state index in [1.54, 1.807) is 6.20 Å². The van der Waals surface area contributed by atoms with Crippen LogP contribution in [0.3, 0.4) is 0 Å². The Morgan fingerprint density at radius 1 is 1.24 bits per heavy atom. The number of likely N-dealkylation sites (tertiary alicyclic amines) is 2. The van der Waals surface area contributed by atoms with Crippen LogP contribution in [-0.2, 0) is 16.0 Å². The first kappa shape index (κ1) is 17.0. The Balaban J connectivity index is 1.27. The first-order valence-corrected chi connectivity index (χ1v) is 9.61. The standard InChI is InChI=1S/C20H29N3O2/c1-22-9-7-17(13-25-12-16-5-6-16)11-20(22)14-23(15-20)19(24)10-18-4-2-3-8-21-18/h2-4,8,16-17H,5-7,9-15H2,1H3/t17-/m0/s1. The fraction of sp³-hybridized carbons (Fsp3) is 0.700. The van der Waals surface area contributed by atoms with Crippen molar-refractivity contribution in [1.29, 1.82) is 0 Å². The quantitative estimate of drug-likeness (QED) is 0.792. The van der Waals surface area contributed by atoms with Crippen molar-refractivity contribution in [2.45, 2.75) is 37.6 Å². The SMILES string of the molecule is CN1CC[C@H](COCC2CC2)CC12CN(C(=O)Cc1ccccn1)C2. The zero-order valence-corrected chi connectivity index (χ0v) is 15.2. The topological polar surface area (TPSA) is 45.7 Å². The number of likely N-dealkylation sites (N-methyl/N-ethyl adjacent to an activating group) is 1. The maximum atomic E-state index is 12.5. The van der Waals surface area contributed by atoms with Gasteiger partial charge >= 0.3 is 0 Å². The Kier molecular flexibility index (Phi) is 4.78. The van der Waals surface area contributed by atoms with E-state index in [1.165, 1.54) is 19.3 Å². The number of aromatic nitrogens is 1. The lowest BCUT2D eigenvalue weighted by Crippen LogP contribution is -2.72. The number of carbonyl (C=O) groups is 1. The largest absolute Gasteiger partial charge is 0.381 e. The molecular formula is C20H29N3O2. The minimum absolute atomic E-state index is 0.172. The Morgan fingerprint density at radius 2 is 2.04 bits per heavy atom. The molecule has 136 valence electrons. The second-order valence-corrected chi connectivity index (χ2v) is 8.23. The van der Waals surface area contributed by atoms with Crippen LogP contribution in [0.25, 0.3) is 0 Å². The molecule has 1 saturated carbocycles. The van der Waals surface area contributed by atoms with Gasteiger partial charge in [0.15, 0.2) is 0 Å². The molecule has 0 bridgehead atoms. The third kappa shape index (κ3) is 3.87. The smallest absolute Gasteiger partial charge is 0.228 e. The fourth-order valence-electron chi connectivity index (χ4n) is 4.22. The highest BCUT2D eigenvalue weighted by atomic mass is 16.5. The highest BCUT2D eigenvalue weighted by Gasteiger charge is 2.50. The summed E-state index contributed by atoms with van der Waals surface area (Å²) in [7, 11) is 2.21. The van der Waals surface area contributed by atoms with Crippen LogP contribution >= 0.6 is 0 Å². The summed E-state index contributed by atoms with van der Waals surface area (Å²) in [6, 6.07) is 5.75. The number of nitrogens with zero attached hydrogens (tertiary/aromatic N) is 3. The first-order chi connectivity index (χ1) is 12.1. The molecule has 0 N–H and O–H groups in total. The molecule has 3 aliphatic rings. The molecule has 2 aliphatic heterocycles. The average molecular weight is 343 g/mol. The van der Waals surface area contributed by atoms with Gasteiger partial charge < -0.3 is 9.64 Å². The molecule has 3 fully saturated rings. The summed E-state index contributed by atoms with van der Waals surface area (Å²) < 4.78 is 5.94. The molecule has 0 unspecified atom stereocenters. The molecular weight excluding hydrogens is 314 g/mol. The fourth-order valence-corrected chi connectivity index (χ4v) is 4.22. The number of carbonyl (C=O) groups excluding carboxylic acids is 1. The maximum absolute atomic E-state index is 12.5. The minimum atomic E-state index is 0.172. The Bertz CT molecular complexity index is 596. The summed E-state index contributed by atoms with van der Waals surface area (Å²) in [5, 5.41) is 0. The van der Waals surface area contributed by atoms with E-state index >= 15 is 0 Å².